The van der Waals surface area contributed by atoms with Crippen molar-refractivity contribution in [2.45, 2.75) is 58.7 Å². The van der Waals surface area contributed by atoms with Gasteiger partial charge in [-0.2, -0.15) is 0 Å². The molecule has 54 heavy (non-hydrogen) atoms. The molecule has 316 valence electrons. The first kappa shape index (κ1) is 50.3. The molecular formula is C39H73NO13Si. The van der Waals surface area contributed by atoms with E-state index in [1.165, 1.54) is 0 Å². The number of rotatable bonds is 39. The van der Waals surface area contributed by atoms with Crippen molar-refractivity contribution in [3.8, 4) is 0 Å². The zero-order chi connectivity index (χ0) is 39.4. The van der Waals surface area contributed by atoms with Crippen LogP contribution in [-0.4, -0.2) is 166 Å². The molecular weight excluding hydrogens is 719 g/mol. The minimum Gasteiger partial charge on any atom is -0.460 e. The monoisotopic (exact) mass is 791 g/mol. The van der Waals surface area contributed by atoms with Gasteiger partial charge in [0, 0.05) is 12.2 Å². The fourth-order valence-corrected chi connectivity index (χ4v) is 5.09. The van der Waals surface area contributed by atoms with Crippen LogP contribution in [0.15, 0.2) is 24.3 Å². The van der Waals surface area contributed by atoms with E-state index in [-0.39, 0.29) is 17.6 Å². The summed E-state index contributed by atoms with van der Waals surface area (Å²) in [5.41, 5.74) is 1.51. The SMILES string of the molecule is CCCCNc1ccc(C(=O)OCCOCCOCCOCCOCCOCCOCCOCCOCCOCCOCCO[Si](C)(C)C(C)(C)C)cc1. The molecule has 0 heterocycles. The molecule has 0 atom stereocenters. The van der Waals surface area contributed by atoms with Crippen molar-refractivity contribution in [1.82, 2.24) is 0 Å². The summed E-state index contributed by atoms with van der Waals surface area (Å²) in [7, 11) is -1.71. The fraction of sp³-hybridized carbons (Fsp3) is 0.821. The molecule has 15 heteroatoms. The Morgan fingerprint density at radius 2 is 0.833 bits per heavy atom. The number of benzene rings is 1. The van der Waals surface area contributed by atoms with Crippen LogP contribution >= 0.6 is 0 Å². The molecule has 0 amide bonds. The smallest absolute Gasteiger partial charge is 0.338 e. The summed E-state index contributed by atoms with van der Waals surface area (Å²) in [4.78, 5) is 12.1. The average molecular weight is 792 g/mol. The highest BCUT2D eigenvalue weighted by molar-refractivity contribution is 6.74. The number of carbonyl (C=O) groups excluding carboxylic acids is 1. The molecule has 0 unspecified atom stereocenters. The molecule has 0 radical (unpaired) electrons. The van der Waals surface area contributed by atoms with Gasteiger partial charge in [-0.1, -0.05) is 34.1 Å². The second kappa shape index (κ2) is 34.5. The number of unbranched alkanes of at least 4 members (excludes halogenated alkanes) is 1. The maximum absolute atomic E-state index is 12.1. The van der Waals surface area contributed by atoms with Crippen molar-refractivity contribution in [2.75, 3.05) is 157 Å². The van der Waals surface area contributed by atoms with E-state index in [0.717, 1.165) is 25.1 Å². The van der Waals surface area contributed by atoms with E-state index in [2.05, 4.69) is 46.1 Å². The predicted molar refractivity (Wildman–Crippen MR) is 211 cm³/mol. The highest BCUT2D eigenvalue weighted by atomic mass is 28.4. The standard InChI is InChI=1S/C39H73NO13Si/c1-7-8-13-40-37-11-9-36(10-12-37)38(41)52-34-32-50-30-28-48-26-24-46-22-20-44-18-16-42-14-15-43-17-19-45-21-23-47-25-27-49-29-31-51-33-35-53-54(5,6)39(2,3)4/h9-12,40H,7-8,13-35H2,1-6H3. The van der Waals surface area contributed by atoms with Crippen LogP contribution in [0.2, 0.25) is 18.1 Å². The average Bonchev–Trinajstić information content (AvgIpc) is 3.14. The zero-order valence-corrected chi connectivity index (χ0v) is 35.3. The minimum absolute atomic E-state index is 0.190. The Labute approximate surface area is 326 Å². The van der Waals surface area contributed by atoms with Crippen LogP contribution in [0.5, 0.6) is 0 Å². The van der Waals surface area contributed by atoms with Crippen LogP contribution < -0.4 is 5.32 Å². The lowest BCUT2D eigenvalue weighted by Crippen LogP contribution is -2.41. The molecule has 0 aromatic heterocycles. The summed E-state index contributed by atoms with van der Waals surface area (Å²) >= 11 is 0. The summed E-state index contributed by atoms with van der Waals surface area (Å²) in [6, 6.07) is 7.29. The largest absolute Gasteiger partial charge is 0.460 e. The Bertz CT molecular complexity index is 982. The van der Waals surface area contributed by atoms with Crippen molar-refractivity contribution >= 4 is 20.0 Å². The van der Waals surface area contributed by atoms with E-state index in [0.29, 0.717) is 144 Å². The van der Waals surface area contributed by atoms with Crippen LogP contribution in [0.25, 0.3) is 0 Å². The van der Waals surface area contributed by atoms with Gasteiger partial charge in [0.2, 0.25) is 0 Å². The van der Waals surface area contributed by atoms with E-state index >= 15 is 0 Å². The summed E-state index contributed by atoms with van der Waals surface area (Å²) in [5.74, 6) is -0.361. The molecule has 14 nitrogen and oxygen atoms in total. The van der Waals surface area contributed by atoms with Crippen molar-refractivity contribution in [1.29, 1.82) is 0 Å². The zero-order valence-electron chi connectivity index (χ0n) is 34.3. The molecule has 1 rings (SSSR count). The van der Waals surface area contributed by atoms with E-state index in [1.807, 2.05) is 12.1 Å². The van der Waals surface area contributed by atoms with Crippen molar-refractivity contribution < 1.29 is 61.3 Å². The summed E-state index contributed by atoms with van der Waals surface area (Å²) < 4.78 is 66.4. The van der Waals surface area contributed by atoms with Crippen LogP contribution in [0.1, 0.15) is 50.9 Å². The van der Waals surface area contributed by atoms with E-state index in [4.69, 9.17) is 56.5 Å². The number of carbonyl (C=O) groups is 1. The third-order valence-electron chi connectivity index (χ3n) is 8.29. The molecule has 0 fully saturated rings. The van der Waals surface area contributed by atoms with Crippen LogP contribution in [0.4, 0.5) is 5.69 Å². The summed E-state index contributed by atoms with van der Waals surface area (Å²) in [6.45, 7) is 24.9. The van der Waals surface area contributed by atoms with Gasteiger partial charge in [0.15, 0.2) is 8.32 Å². The molecule has 0 spiro atoms. The first-order valence-corrected chi connectivity index (χ1v) is 22.5. The van der Waals surface area contributed by atoms with E-state index < -0.39 is 8.32 Å². The summed E-state index contributed by atoms with van der Waals surface area (Å²) in [6.07, 6.45) is 2.24. The Kier molecular flexibility index (Phi) is 32.1. The number of anilines is 1. The molecule has 0 aliphatic carbocycles. The van der Waals surface area contributed by atoms with Gasteiger partial charge in [0.1, 0.15) is 6.61 Å². The van der Waals surface area contributed by atoms with Gasteiger partial charge in [-0.3, -0.25) is 0 Å². The maximum atomic E-state index is 12.1. The molecule has 0 saturated carbocycles. The molecule has 0 saturated heterocycles. The van der Waals surface area contributed by atoms with Gasteiger partial charge in [-0.15, -0.1) is 0 Å². The number of nitrogens with one attached hydrogen (secondary N) is 1. The normalized spacial score (nSPS) is 12.0. The molecule has 1 aromatic rings. The van der Waals surface area contributed by atoms with Gasteiger partial charge in [-0.05, 0) is 48.8 Å². The predicted octanol–water partition coefficient (Wildman–Crippen LogP) is 5.24. The molecule has 1 aromatic carbocycles. The Hall–Kier alpha value is -1.73. The highest BCUT2D eigenvalue weighted by Gasteiger charge is 2.36. The van der Waals surface area contributed by atoms with Gasteiger partial charge < -0.3 is 61.8 Å². The third-order valence-corrected chi connectivity index (χ3v) is 12.8. The first-order chi connectivity index (χ1) is 26.2. The number of esters is 1. The summed E-state index contributed by atoms with van der Waals surface area (Å²) in [5, 5.41) is 3.53. The molecule has 0 aliphatic rings. The van der Waals surface area contributed by atoms with Crippen molar-refractivity contribution in [3.63, 3.8) is 0 Å². The van der Waals surface area contributed by atoms with Crippen LogP contribution in [0, 0.1) is 0 Å². The van der Waals surface area contributed by atoms with E-state index in [1.54, 1.807) is 12.1 Å². The molecule has 0 bridgehead atoms. The first-order valence-electron chi connectivity index (χ1n) is 19.6. The number of ether oxygens (including phenoxy) is 11. The second-order valence-electron chi connectivity index (χ2n) is 13.7. The van der Waals surface area contributed by atoms with Gasteiger partial charge in [0.25, 0.3) is 0 Å². The topological polar surface area (TPSA) is 140 Å². The van der Waals surface area contributed by atoms with Crippen molar-refractivity contribution in [3.05, 3.63) is 29.8 Å². The molecule has 0 aliphatic heterocycles. The van der Waals surface area contributed by atoms with Gasteiger partial charge in [-0.25, -0.2) is 4.79 Å². The number of hydrogen-bond donors (Lipinski definition) is 1. The highest BCUT2D eigenvalue weighted by Crippen LogP contribution is 2.36. The van der Waals surface area contributed by atoms with Gasteiger partial charge >= 0.3 is 5.97 Å². The lowest BCUT2D eigenvalue weighted by atomic mass is 10.2. The fourth-order valence-electron chi connectivity index (χ4n) is 4.06. The number of hydrogen-bond acceptors (Lipinski definition) is 14. The third kappa shape index (κ3) is 29.5. The lowest BCUT2D eigenvalue weighted by Gasteiger charge is -2.36. The molecule has 1 N–H and O–H groups in total. The Balaban J connectivity index is 1.70. The van der Waals surface area contributed by atoms with Crippen LogP contribution in [0.3, 0.4) is 0 Å². The minimum atomic E-state index is -1.71. The quantitative estimate of drug-likeness (QED) is 0.0528. The maximum Gasteiger partial charge on any atom is 0.338 e. The van der Waals surface area contributed by atoms with E-state index in [9.17, 15) is 4.79 Å². The van der Waals surface area contributed by atoms with Gasteiger partial charge in [0.05, 0.1) is 144 Å². The Morgan fingerprint density at radius 1 is 0.519 bits per heavy atom. The Morgan fingerprint density at radius 3 is 1.15 bits per heavy atom. The van der Waals surface area contributed by atoms with Crippen molar-refractivity contribution in [2.24, 2.45) is 0 Å². The van der Waals surface area contributed by atoms with Crippen LogP contribution in [-0.2, 0) is 56.5 Å². The second-order valence-corrected chi connectivity index (χ2v) is 18.5. The lowest BCUT2D eigenvalue weighted by molar-refractivity contribution is -0.0274.